The van der Waals surface area contributed by atoms with Gasteiger partial charge in [0.2, 0.25) is 0 Å². The summed E-state index contributed by atoms with van der Waals surface area (Å²) in [6.07, 6.45) is 3.24. The number of nitrogens with one attached hydrogen (secondary N) is 1. The highest BCUT2D eigenvalue weighted by molar-refractivity contribution is 5.78. The van der Waals surface area contributed by atoms with Crippen molar-refractivity contribution in [2.45, 2.75) is 25.3 Å². The molecule has 0 amide bonds. The summed E-state index contributed by atoms with van der Waals surface area (Å²) < 4.78 is 10.7. The van der Waals surface area contributed by atoms with Crippen LogP contribution in [-0.4, -0.2) is 32.3 Å². The standard InChI is InChI=1S/C14H21N3O2/c1-18-12-4-2-5-13(10-12)19-9-3-8-16-14(15)17-11-6-7-11/h2,4-5,10-11H,3,6-9H2,1H3,(H3,15,16,17). The molecule has 0 unspecified atom stereocenters. The van der Waals surface area contributed by atoms with Gasteiger partial charge in [-0.3, -0.25) is 4.99 Å². The lowest BCUT2D eigenvalue weighted by Gasteiger charge is -2.07. The lowest BCUT2D eigenvalue weighted by atomic mass is 10.3. The van der Waals surface area contributed by atoms with E-state index in [9.17, 15) is 0 Å². The smallest absolute Gasteiger partial charge is 0.188 e. The molecule has 0 aromatic heterocycles. The van der Waals surface area contributed by atoms with Crippen LogP contribution in [0.25, 0.3) is 0 Å². The van der Waals surface area contributed by atoms with E-state index in [2.05, 4.69) is 10.3 Å². The number of benzene rings is 1. The molecule has 0 aliphatic heterocycles. The first-order valence-corrected chi connectivity index (χ1v) is 6.61. The van der Waals surface area contributed by atoms with Gasteiger partial charge in [0.25, 0.3) is 0 Å². The summed E-state index contributed by atoms with van der Waals surface area (Å²) in [5.41, 5.74) is 5.73. The van der Waals surface area contributed by atoms with Crippen LogP contribution in [0.5, 0.6) is 11.5 Å². The monoisotopic (exact) mass is 263 g/mol. The summed E-state index contributed by atoms with van der Waals surface area (Å²) in [5, 5.41) is 3.15. The lowest BCUT2D eigenvalue weighted by molar-refractivity contribution is 0.311. The molecule has 19 heavy (non-hydrogen) atoms. The predicted molar refractivity (Wildman–Crippen MR) is 75.8 cm³/mol. The van der Waals surface area contributed by atoms with Crippen LogP contribution in [0, 0.1) is 0 Å². The van der Waals surface area contributed by atoms with Gasteiger partial charge >= 0.3 is 0 Å². The molecule has 104 valence electrons. The van der Waals surface area contributed by atoms with Gasteiger partial charge in [-0.1, -0.05) is 6.07 Å². The van der Waals surface area contributed by atoms with E-state index < -0.39 is 0 Å². The zero-order valence-electron chi connectivity index (χ0n) is 11.3. The van der Waals surface area contributed by atoms with E-state index in [1.54, 1.807) is 7.11 Å². The van der Waals surface area contributed by atoms with E-state index in [-0.39, 0.29) is 0 Å². The third kappa shape index (κ3) is 5.07. The number of nitrogens with two attached hydrogens (primary N) is 1. The number of rotatable bonds is 7. The molecule has 0 bridgehead atoms. The Hall–Kier alpha value is -1.91. The van der Waals surface area contributed by atoms with Crippen molar-refractivity contribution >= 4 is 5.96 Å². The fourth-order valence-corrected chi connectivity index (χ4v) is 1.63. The highest BCUT2D eigenvalue weighted by Crippen LogP contribution is 2.19. The number of hydrogen-bond donors (Lipinski definition) is 2. The Morgan fingerprint density at radius 2 is 2.21 bits per heavy atom. The minimum Gasteiger partial charge on any atom is -0.497 e. The molecule has 1 aliphatic rings. The van der Waals surface area contributed by atoms with Crippen molar-refractivity contribution in [3.63, 3.8) is 0 Å². The Kier molecular flexibility index (Phi) is 4.89. The van der Waals surface area contributed by atoms with Gasteiger partial charge in [0, 0.05) is 25.1 Å². The van der Waals surface area contributed by atoms with Crippen LogP contribution in [0.4, 0.5) is 0 Å². The van der Waals surface area contributed by atoms with Gasteiger partial charge < -0.3 is 20.5 Å². The van der Waals surface area contributed by atoms with Crippen molar-refractivity contribution in [2.75, 3.05) is 20.3 Å². The molecule has 0 saturated heterocycles. The maximum absolute atomic E-state index is 5.73. The van der Waals surface area contributed by atoms with Gasteiger partial charge in [0.05, 0.1) is 13.7 Å². The zero-order chi connectivity index (χ0) is 13.5. The van der Waals surface area contributed by atoms with Crippen LogP contribution in [0.1, 0.15) is 19.3 Å². The number of aliphatic imine (C=N–C) groups is 1. The first-order chi connectivity index (χ1) is 9.28. The van der Waals surface area contributed by atoms with Crippen LogP contribution in [0.2, 0.25) is 0 Å². The Balaban J connectivity index is 1.62. The van der Waals surface area contributed by atoms with Gasteiger partial charge in [0.15, 0.2) is 5.96 Å². The third-order valence-electron chi connectivity index (χ3n) is 2.82. The zero-order valence-corrected chi connectivity index (χ0v) is 11.3. The van der Waals surface area contributed by atoms with E-state index >= 15 is 0 Å². The molecule has 1 fully saturated rings. The number of methoxy groups -OCH3 is 1. The summed E-state index contributed by atoms with van der Waals surface area (Å²) in [6, 6.07) is 8.13. The summed E-state index contributed by atoms with van der Waals surface area (Å²) >= 11 is 0. The van der Waals surface area contributed by atoms with Crippen LogP contribution in [0.15, 0.2) is 29.3 Å². The van der Waals surface area contributed by atoms with E-state index in [0.717, 1.165) is 17.9 Å². The SMILES string of the molecule is COc1cccc(OCCCN=C(N)NC2CC2)c1. The molecule has 1 aromatic carbocycles. The maximum Gasteiger partial charge on any atom is 0.188 e. The van der Waals surface area contributed by atoms with Crippen molar-refractivity contribution in [3.05, 3.63) is 24.3 Å². The molecule has 0 heterocycles. The second-order valence-corrected chi connectivity index (χ2v) is 4.57. The highest BCUT2D eigenvalue weighted by atomic mass is 16.5. The minimum absolute atomic E-state index is 0.545. The molecule has 0 atom stereocenters. The molecule has 1 saturated carbocycles. The van der Waals surface area contributed by atoms with Crippen LogP contribution in [-0.2, 0) is 0 Å². The van der Waals surface area contributed by atoms with E-state index in [1.807, 2.05) is 24.3 Å². The quantitative estimate of drug-likeness (QED) is 0.445. The van der Waals surface area contributed by atoms with E-state index in [4.69, 9.17) is 15.2 Å². The molecule has 5 nitrogen and oxygen atoms in total. The van der Waals surface area contributed by atoms with Crippen molar-refractivity contribution in [2.24, 2.45) is 10.7 Å². The van der Waals surface area contributed by atoms with Gasteiger partial charge in [-0.2, -0.15) is 0 Å². The van der Waals surface area contributed by atoms with E-state index in [0.29, 0.717) is 25.2 Å². The first kappa shape index (κ1) is 13.5. The molecule has 5 heteroatoms. The molecule has 0 radical (unpaired) electrons. The van der Waals surface area contributed by atoms with Gasteiger partial charge in [0.1, 0.15) is 11.5 Å². The minimum atomic E-state index is 0.545. The second kappa shape index (κ2) is 6.87. The van der Waals surface area contributed by atoms with Gasteiger partial charge in [-0.05, 0) is 25.0 Å². The Bertz CT molecular complexity index is 430. The lowest BCUT2D eigenvalue weighted by Crippen LogP contribution is -2.33. The molecule has 0 spiro atoms. The van der Waals surface area contributed by atoms with E-state index in [1.165, 1.54) is 12.8 Å². The average molecular weight is 263 g/mol. The van der Waals surface area contributed by atoms with Gasteiger partial charge in [-0.15, -0.1) is 0 Å². The van der Waals surface area contributed by atoms with Crippen LogP contribution in [0.3, 0.4) is 0 Å². The molecule has 2 rings (SSSR count). The van der Waals surface area contributed by atoms with Crippen molar-refractivity contribution in [1.82, 2.24) is 5.32 Å². The normalized spacial score (nSPS) is 15.1. The second-order valence-electron chi connectivity index (χ2n) is 4.57. The number of nitrogens with zero attached hydrogens (tertiary/aromatic N) is 1. The summed E-state index contributed by atoms with van der Waals surface area (Å²) in [7, 11) is 1.64. The summed E-state index contributed by atoms with van der Waals surface area (Å²) in [6.45, 7) is 1.29. The maximum atomic E-state index is 5.73. The fourth-order valence-electron chi connectivity index (χ4n) is 1.63. The number of guanidine groups is 1. The topological polar surface area (TPSA) is 68.9 Å². The molecule has 3 N–H and O–H groups in total. The summed E-state index contributed by atoms with van der Waals surface area (Å²) in [5.74, 6) is 2.16. The average Bonchev–Trinajstić information content (AvgIpc) is 3.22. The highest BCUT2D eigenvalue weighted by Gasteiger charge is 2.21. The number of hydrogen-bond acceptors (Lipinski definition) is 3. The van der Waals surface area contributed by atoms with Crippen molar-refractivity contribution in [1.29, 1.82) is 0 Å². The molecular weight excluding hydrogens is 242 g/mol. The van der Waals surface area contributed by atoms with Crippen molar-refractivity contribution in [3.8, 4) is 11.5 Å². The fraction of sp³-hybridized carbons (Fsp3) is 0.500. The Morgan fingerprint density at radius 1 is 1.42 bits per heavy atom. The third-order valence-corrected chi connectivity index (χ3v) is 2.82. The van der Waals surface area contributed by atoms with Crippen LogP contribution < -0.4 is 20.5 Å². The number of ether oxygens (including phenoxy) is 2. The predicted octanol–water partition coefficient (Wildman–Crippen LogP) is 1.53. The van der Waals surface area contributed by atoms with Crippen molar-refractivity contribution < 1.29 is 9.47 Å². The Labute approximate surface area is 113 Å². The largest absolute Gasteiger partial charge is 0.497 e. The molecular formula is C14H21N3O2. The first-order valence-electron chi connectivity index (χ1n) is 6.61. The molecule has 1 aromatic rings. The molecule has 1 aliphatic carbocycles. The summed E-state index contributed by atoms with van der Waals surface area (Å²) in [4.78, 5) is 4.25. The van der Waals surface area contributed by atoms with Gasteiger partial charge in [-0.25, -0.2) is 0 Å². The Morgan fingerprint density at radius 3 is 2.95 bits per heavy atom. The van der Waals surface area contributed by atoms with Crippen LogP contribution >= 0.6 is 0 Å².